The van der Waals surface area contributed by atoms with Crippen LogP contribution in [-0.2, 0) is 16.2 Å². The van der Waals surface area contributed by atoms with E-state index in [-0.39, 0.29) is 23.8 Å². The Hall–Kier alpha value is -0.540. The average Bonchev–Trinajstić information content (AvgIpc) is 2.27. The number of nitrogens with one attached hydrogen (secondary N) is 2. The zero-order valence-corrected chi connectivity index (χ0v) is 12.7. The zero-order valence-electron chi connectivity index (χ0n) is 10.3. The first-order chi connectivity index (χ1) is 8.68. The Bertz CT molecular complexity index is 550. The Labute approximate surface area is 126 Å². The number of likely N-dealkylation sites (N-methyl/N-ethyl adjacent to an activating group) is 1. The molecule has 0 amide bonds. The second kappa shape index (κ2) is 7.46. The lowest BCUT2D eigenvalue weighted by Gasteiger charge is -2.11. The molecule has 0 aromatic heterocycles. The van der Waals surface area contributed by atoms with E-state index in [0.717, 1.165) is 6.07 Å². The molecule has 0 aliphatic carbocycles. The number of sulfonamides is 1. The molecule has 0 bridgehead atoms. The molecule has 1 aromatic carbocycles. The Morgan fingerprint density at radius 1 is 1.25 bits per heavy atom. The highest BCUT2D eigenvalue weighted by molar-refractivity contribution is 7.89. The summed E-state index contributed by atoms with van der Waals surface area (Å²) < 4.78 is 63.0. The molecule has 10 heteroatoms. The van der Waals surface area contributed by atoms with Crippen LogP contribution in [0.15, 0.2) is 23.1 Å². The minimum absolute atomic E-state index is 0. The van der Waals surface area contributed by atoms with Gasteiger partial charge in [-0.05, 0) is 25.2 Å². The monoisotopic (exact) mass is 352 g/mol. The van der Waals surface area contributed by atoms with Gasteiger partial charge in [0.15, 0.2) is 0 Å². The molecule has 1 aromatic rings. The fourth-order valence-corrected chi connectivity index (χ4v) is 2.86. The first-order valence-electron chi connectivity index (χ1n) is 5.19. The van der Waals surface area contributed by atoms with E-state index >= 15 is 0 Å². The number of benzene rings is 1. The molecule has 2 N–H and O–H groups in total. The van der Waals surface area contributed by atoms with Crippen molar-refractivity contribution in [2.24, 2.45) is 0 Å². The maximum absolute atomic E-state index is 12.4. The van der Waals surface area contributed by atoms with E-state index in [4.69, 9.17) is 11.6 Å². The number of hydrogen-bond donors (Lipinski definition) is 2. The molecule has 0 radical (unpaired) electrons. The van der Waals surface area contributed by atoms with Crippen molar-refractivity contribution in [3.05, 3.63) is 28.8 Å². The van der Waals surface area contributed by atoms with Crippen molar-refractivity contribution in [1.29, 1.82) is 0 Å². The van der Waals surface area contributed by atoms with Gasteiger partial charge in [-0.1, -0.05) is 11.6 Å². The fourth-order valence-electron chi connectivity index (χ4n) is 1.28. The van der Waals surface area contributed by atoms with Gasteiger partial charge in [-0.15, -0.1) is 12.4 Å². The molecule has 20 heavy (non-hydrogen) atoms. The largest absolute Gasteiger partial charge is 0.416 e. The number of halogens is 5. The molecule has 1 rings (SSSR count). The molecule has 0 aliphatic rings. The lowest BCUT2D eigenvalue weighted by molar-refractivity contribution is -0.137. The van der Waals surface area contributed by atoms with Crippen LogP contribution in [0.4, 0.5) is 13.2 Å². The third kappa shape index (κ3) is 5.10. The summed E-state index contributed by atoms with van der Waals surface area (Å²) in [6, 6.07) is 2.11. The summed E-state index contributed by atoms with van der Waals surface area (Å²) in [7, 11) is -2.28. The Balaban J connectivity index is 0.00000361. The van der Waals surface area contributed by atoms with Gasteiger partial charge in [0.25, 0.3) is 0 Å². The molecule has 116 valence electrons. The van der Waals surface area contributed by atoms with Gasteiger partial charge in [0.2, 0.25) is 10.0 Å². The predicted octanol–water partition coefficient (Wildman–Crippen LogP) is 2.28. The van der Waals surface area contributed by atoms with Crippen LogP contribution in [0.25, 0.3) is 0 Å². The predicted molar refractivity (Wildman–Crippen MR) is 72.8 cm³/mol. The second-order valence-electron chi connectivity index (χ2n) is 3.64. The van der Waals surface area contributed by atoms with E-state index in [0.29, 0.717) is 18.7 Å². The highest BCUT2D eigenvalue weighted by Crippen LogP contribution is 2.33. The topological polar surface area (TPSA) is 58.2 Å². The van der Waals surface area contributed by atoms with Crippen molar-refractivity contribution < 1.29 is 21.6 Å². The molecule has 0 aliphatic heterocycles. The van der Waals surface area contributed by atoms with Gasteiger partial charge in [-0.2, -0.15) is 13.2 Å². The summed E-state index contributed by atoms with van der Waals surface area (Å²) in [5.74, 6) is 0. The lowest BCUT2D eigenvalue weighted by Crippen LogP contribution is -2.30. The molecular weight excluding hydrogens is 340 g/mol. The number of rotatable bonds is 5. The Kier molecular flexibility index (Phi) is 7.26. The van der Waals surface area contributed by atoms with Crippen molar-refractivity contribution in [2.75, 3.05) is 20.1 Å². The molecule has 0 spiro atoms. The smallest absolute Gasteiger partial charge is 0.318 e. The van der Waals surface area contributed by atoms with Gasteiger partial charge in [0, 0.05) is 13.1 Å². The minimum atomic E-state index is -4.56. The third-order valence-electron chi connectivity index (χ3n) is 2.22. The third-order valence-corrected chi connectivity index (χ3v) is 4.16. The molecule has 0 fully saturated rings. The van der Waals surface area contributed by atoms with Crippen LogP contribution >= 0.6 is 24.0 Å². The highest BCUT2D eigenvalue weighted by atomic mass is 35.5. The quantitative estimate of drug-likeness (QED) is 0.799. The van der Waals surface area contributed by atoms with Gasteiger partial charge in [-0.25, -0.2) is 13.1 Å². The number of alkyl halides is 3. The van der Waals surface area contributed by atoms with Crippen LogP contribution in [0.3, 0.4) is 0 Å². The normalized spacial score (nSPS) is 12.1. The fraction of sp³-hybridized carbons (Fsp3) is 0.400. The van der Waals surface area contributed by atoms with E-state index in [1.807, 2.05) is 0 Å². The van der Waals surface area contributed by atoms with E-state index < -0.39 is 26.8 Å². The summed E-state index contributed by atoms with van der Waals surface area (Å²) >= 11 is 5.60. The summed E-state index contributed by atoms with van der Waals surface area (Å²) in [4.78, 5) is -0.377. The van der Waals surface area contributed by atoms with Gasteiger partial charge in [0.05, 0.1) is 10.6 Å². The summed E-state index contributed by atoms with van der Waals surface area (Å²) in [5.41, 5.74) is -0.994. The molecule has 0 atom stereocenters. The SMILES string of the molecule is CNCCNS(=O)(=O)c1ccc(C(F)(F)F)cc1Cl.Cl. The zero-order chi connectivity index (χ0) is 14.7. The molecule has 0 saturated carbocycles. The average molecular weight is 353 g/mol. The first-order valence-corrected chi connectivity index (χ1v) is 7.05. The first kappa shape index (κ1) is 19.5. The van der Waals surface area contributed by atoms with Gasteiger partial charge in [0.1, 0.15) is 4.90 Å². The molecule has 0 saturated heterocycles. The Morgan fingerprint density at radius 3 is 2.30 bits per heavy atom. The van der Waals surface area contributed by atoms with E-state index in [2.05, 4.69) is 10.0 Å². The minimum Gasteiger partial charge on any atom is -0.318 e. The summed E-state index contributed by atoms with van der Waals surface area (Å²) in [6.07, 6.45) is -4.56. The lowest BCUT2D eigenvalue weighted by atomic mass is 10.2. The molecule has 4 nitrogen and oxygen atoms in total. The van der Waals surface area contributed by atoms with Crippen molar-refractivity contribution in [3.8, 4) is 0 Å². The van der Waals surface area contributed by atoms with Crippen LogP contribution in [0.5, 0.6) is 0 Å². The molecular formula is C10H13Cl2F3N2O2S. The summed E-state index contributed by atoms with van der Waals surface area (Å²) in [6.45, 7) is 0.494. The Morgan fingerprint density at radius 2 is 1.85 bits per heavy atom. The van der Waals surface area contributed by atoms with Crippen LogP contribution < -0.4 is 10.0 Å². The van der Waals surface area contributed by atoms with Gasteiger partial charge in [-0.3, -0.25) is 0 Å². The van der Waals surface area contributed by atoms with Crippen LogP contribution in [0, 0.1) is 0 Å². The van der Waals surface area contributed by atoms with Crippen LogP contribution in [0.1, 0.15) is 5.56 Å². The number of hydrogen-bond acceptors (Lipinski definition) is 3. The second-order valence-corrected chi connectivity index (χ2v) is 5.79. The van der Waals surface area contributed by atoms with Gasteiger partial charge < -0.3 is 5.32 Å². The molecule has 0 heterocycles. The van der Waals surface area contributed by atoms with Crippen LogP contribution in [0.2, 0.25) is 5.02 Å². The van der Waals surface area contributed by atoms with E-state index in [1.165, 1.54) is 0 Å². The highest BCUT2D eigenvalue weighted by Gasteiger charge is 2.32. The maximum atomic E-state index is 12.4. The van der Waals surface area contributed by atoms with E-state index in [9.17, 15) is 21.6 Å². The molecule has 0 unspecified atom stereocenters. The van der Waals surface area contributed by atoms with E-state index in [1.54, 1.807) is 7.05 Å². The van der Waals surface area contributed by atoms with Gasteiger partial charge >= 0.3 is 6.18 Å². The van der Waals surface area contributed by atoms with Crippen molar-refractivity contribution in [1.82, 2.24) is 10.0 Å². The van der Waals surface area contributed by atoms with Crippen molar-refractivity contribution in [3.63, 3.8) is 0 Å². The van der Waals surface area contributed by atoms with Crippen molar-refractivity contribution in [2.45, 2.75) is 11.1 Å². The van der Waals surface area contributed by atoms with Crippen LogP contribution in [-0.4, -0.2) is 28.6 Å². The standard InChI is InChI=1S/C10H12ClF3N2O2S.ClH/c1-15-4-5-16-19(17,18)9-3-2-7(6-8(9)11)10(12,13)14;/h2-3,6,15-16H,4-5H2,1H3;1H. The summed E-state index contributed by atoms with van der Waals surface area (Å²) in [5, 5.41) is 2.26. The maximum Gasteiger partial charge on any atom is 0.416 e. The van der Waals surface area contributed by atoms with Crippen molar-refractivity contribution >= 4 is 34.0 Å².